The minimum Gasteiger partial charge on any atom is -0.467 e. The highest BCUT2D eigenvalue weighted by molar-refractivity contribution is 5.75. The van der Waals surface area contributed by atoms with Crippen molar-refractivity contribution in [1.82, 2.24) is 15.5 Å². The number of carbonyl (C=O) groups is 1. The molecule has 9 heteroatoms. The van der Waals surface area contributed by atoms with Crippen LogP contribution in [0, 0.1) is 10.1 Å². The third kappa shape index (κ3) is 3.88. The minimum atomic E-state index is -0.394. The van der Waals surface area contributed by atoms with Gasteiger partial charge < -0.3 is 20.1 Å². The molecule has 0 unspecified atom stereocenters. The number of ether oxygens (including phenoxy) is 2. The molecule has 9 nitrogen and oxygen atoms in total. The first-order valence-electron chi connectivity index (χ1n) is 8.88. The van der Waals surface area contributed by atoms with E-state index in [1.165, 1.54) is 6.07 Å². The standard InChI is InChI=1S/C17H22N4O5/c22-17(18-13-1-2-13)19-14-3-4-20(8-14)7-11-5-15(21(23)24)6-12-9-25-10-26-16(11)12/h5-6,13-14H,1-4,7-10H2,(H2,18,19,22)/t14-/m0/s1. The lowest BCUT2D eigenvalue weighted by Gasteiger charge is -2.23. The molecule has 2 heterocycles. The third-order valence-electron chi connectivity index (χ3n) is 4.90. The summed E-state index contributed by atoms with van der Waals surface area (Å²) in [5, 5.41) is 17.1. The van der Waals surface area contributed by atoms with Gasteiger partial charge in [0.05, 0.1) is 11.5 Å². The van der Waals surface area contributed by atoms with E-state index in [0.29, 0.717) is 37.1 Å². The fourth-order valence-electron chi connectivity index (χ4n) is 3.48. The lowest BCUT2D eigenvalue weighted by molar-refractivity contribution is -0.385. The third-order valence-corrected chi connectivity index (χ3v) is 4.90. The second-order valence-corrected chi connectivity index (χ2v) is 7.07. The number of nitro groups is 1. The van der Waals surface area contributed by atoms with Crippen molar-refractivity contribution in [1.29, 1.82) is 0 Å². The number of fused-ring (bicyclic) bond motifs is 1. The van der Waals surface area contributed by atoms with Crippen LogP contribution in [0.2, 0.25) is 0 Å². The van der Waals surface area contributed by atoms with E-state index in [4.69, 9.17) is 9.47 Å². The van der Waals surface area contributed by atoms with Crippen LogP contribution >= 0.6 is 0 Å². The van der Waals surface area contributed by atoms with E-state index in [1.54, 1.807) is 6.07 Å². The predicted molar refractivity (Wildman–Crippen MR) is 91.8 cm³/mol. The molecule has 0 spiro atoms. The summed E-state index contributed by atoms with van der Waals surface area (Å²) in [4.78, 5) is 24.9. The number of amides is 2. The number of nitrogens with one attached hydrogen (secondary N) is 2. The first-order chi connectivity index (χ1) is 12.6. The minimum absolute atomic E-state index is 0.0468. The van der Waals surface area contributed by atoms with Crippen molar-refractivity contribution in [2.75, 3.05) is 19.9 Å². The van der Waals surface area contributed by atoms with Crippen LogP contribution in [0.15, 0.2) is 12.1 Å². The summed E-state index contributed by atoms with van der Waals surface area (Å²) < 4.78 is 10.8. The molecule has 2 aliphatic heterocycles. The molecule has 4 rings (SSSR count). The monoisotopic (exact) mass is 362 g/mol. The topological polar surface area (TPSA) is 106 Å². The van der Waals surface area contributed by atoms with Gasteiger partial charge in [0.2, 0.25) is 0 Å². The molecule has 1 aromatic rings. The van der Waals surface area contributed by atoms with Crippen molar-refractivity contribution in [3.63, 3.8) is 0 Å². The molecule has 0 radical (unpaired) electrons. The second kappa shape index (κ2) is 7.08. The van der Waals surface area contributed by atoms with Gasteiger partial charge in [0, 0.05) is 55.0 Å². The maximum absolute atomic E-state index is 11.9. The summed E-state index contributed by atoms with van der Waals surface area (Å²) in [7, 11) is 0. The van der Waals surface area contributed by atoms with E-state index >= 15 is 0 Å². The first kappa shape index (κ1) is 17.0. The average molecular weight is 362 g/mol. The second-order valence-electron chi connectivity index (χ2n) is 7.07. The van der Waals surface area contributed by atoms with Gasteiger partial charge in [-0.2, -0.15) is 0 Å². The van der Waals surface area contributed by atoms with Gasteiger partial charge in [0.1, 0.15) is 5.75 Å². The van der Waals surface area contributed by atoms with Gasteiger partial charge >= 0.3 is 6.03 Å². The molecule has 1 saturated heterocycles. The number of carbonyl (C=O) groups excluding carboxylic acids is 1. The molecule has 26 heavy (non-hydrogen) atoms. The highest BCUT2D eigenvalue weighted by Gasteiger charge is 2.29. The molecule has 140 valence electrons. The molecule has 1 saturated carbocycles. The Bertz CT molecular complexity index is 721. The number of benzene rings is 1. The molecule has 1 aliphatic carbocycles. The van der Waals surface area contributed by atoms with Gasteiger partial charge in [-0.1, -0.05) is 0 Å². The lowest BCUT2D eigenvalue weighted by atomic mass is 10.1. The molecule has 0 bridgehead atoms. The van der Waals surface area contributed by atoms with E-state index in [2.05, 4.69) is 15.5 Å². The summed E-state index contributed by atoms with van der Waals surface area (Å²) in [6, 6.07) is 3.41. The predicted octanol–water partition coefficient (Wildman–Crippen LogP) is 1.50. The fourth-order valence-corrected chi connectivity index (χ4v) is 3.48. The van der Waals surface area contributed by atoms with Crippen LogP contribution in [0.5, 0.6) is 5.75 Å². The van der Waals surface area contributed by atoms with Crippen molar-refractivity contribution < 1.29 is 19.2 Å². The van der Waals surface area contributed by atoms with Gasteiger partial charge in [-0.05, 0) is 19.3 Å². The summed E-state index contributed by atoms with van der Waals surface area (Å²) >= 11 is 0. The maximum atomic E-state index is 11.9. The van der Waals surface area contributed by atoms with E-state index in [0.717, 1.165) is 31.4 Å². The number of rotatable bonds is 5. The van der Waals surface area contributed by atoms with Crippen LogP contribution in [-0.4, -0.2) is 47.8 Å². The molecule has 3 aliphatic rings. The number of hydrogen-bond donors (Lipinski definition) is 2. The Labute approximate surface area is 150 Å². The fraction of sp³-hybridized carbons (Fsp3) is 0.588. The van der Waals surface area contributed by atoms with Crippen LogP contribution in [-0.2, 0) is 17.9 Å². The van der Waals surface area contributed by atoms with Crippen molar-refractivity contribution in [2.45, 2.75) is 44.5 Å². The maximum Gasteiger partial charge on any atom is 0.315 e. The molecule has 2 N–H and O–H groups in total. The zero-order valence-corrected chi connectivity index (χ0v) is 14.4. The quantitative estimate of drug-likeness (QED) is 0.607. The largest absolute Gasteiger partial charge is 0.467 e. The summed E-state index contributed by atoms with van der Waals surface area (Å²) in [5.74, 6) is 0.685. The van der Waals surface area contributed by atoms with Gasteiger partial charge in [0.25, 0.3) is 5.69 Å². The number of nitro benzene ring substituents is 1. The van der Waals surface area contributed by atoms with E-state index in [1.807, 2.05) is 0 Å². The molecular weight excluding hydrogens is 340 g/mol. The molecular formula is C17H22N4O5. The van der Waals surface area contributed by atoms with Gasteiger partial charge in [-0.3, -0.25) is 15.0 Å². The molecule has 0 aromatic heterocycles. The van der Waals surface area contributed by atoms with Gasteiger partial charge in [0.15, 0.2) is 6.79 Å². The zero-order valence-electron chi connectivity index (χ0n) is 14.4. The SMILES string of the molecule is O=C(NC1CC1)N[C@H]1CCN(Cc2cc([N+](=O)[O-])cc3c2OCOC3)C1. The van der Waals surface area contributed by atoms with Crippen molar-refractivity contribution >= 4 is 11.7 Å². The van der Waals surface area contributed by atoms with Crippen LogP contribution in [0.1, 0.15) is 30.4 Å². The van der Waals surface area contributed by atoms with Crippen LogP contribution in [0.3, 0.4) is 0 Å². The van der Waals surface area contributed by atoms with Crippen molar-refractivity contribution in [2.24, 2.45) is 0 Å². The summed E-state index contributed by atoms with van der Waals surface area (Å²) in [6.07, 6.45) is 2.98. The summed E-state index contributed by atoms with van der Waals surface area (Å²) in [6.45, 7) is 2.56. The zero-order chi connectivity index (χ0) is 18.1. The number of hydrogen-bond acceptors (Lipinski definition) is 6. The lowest BCUT2D eigenvalue weighted by Crippen LogP contribution is -2.44. The Kier molecular flexibility index (Phi) is 4.64. The molecule has 2 amide bonds. The number of nitrogens with zero attached hydrogens (tertiary/aromatic N) is 2. The summed E-state index contributed by atoms with van der Waals surface area (Å²) in [5.41, 5.74) is 1.55. The Morgan fingerprint density at radius 1 is 1.27 bits per heavy atom. The van der Waals surface area contributed by atoms with Gasteiger partial charge in [-0.15, -0.1) is 0 Å². The smallest absolute Gasteiger partial charge is 0.315 e. The normalized spacial score (nSPS) is 22.4. The van der Waals surface area contributed by atoms with Gasteiger partial charge in [-0.25, -0.2) is 4.79 Å². The Morgan fingerprint density at radius 2 is 2.08 bits per heavy atom. The van der Waals surface area contributed by atoms with E-state index in [-0.39, 0.29) is 24.6 Å². The highest BCUT2D eigenvalue weighted by atomic mass is 16.7. The van der Waals surface area contributed by atoms with Crippen LogP contribution in [0.25, 0.3) is 0 Å². The average Bonchev–Trinajstić information content (AvgIpc) is 3.32. The Morgan fingerprint density at radius 3 is 2.85 bits per heavy atom. The molecule has 1 aromatic carbocycles. The molecule has 1 atom stereocenters. The Balaban J connectivity index is 1.41. The van der Waals surface area contributed by atoms with E-state index < -0.39 is 4.92 Å². The number of urea groups is 1. The highest BCUT2D eigenvalue weighted by Crippen LogP contribution is 2.34. The van der Waals surface area contributed by atoms with Crippen LogP contribution < -0.4 is 15.4 Å². The number of likely N-dealkylation sites (tertiary alicyclic amines) is 1. The molecule has 2 fully saturated rings. The van der Waals surface area contributed by atoms with Crippen molar-refractivity contribution in [3.8, 4) is 5.75 Å². The first-order valence-corrected chi connectivity index (χ1v) is 8.88. The van der Waals surface area contributed by atoms with E-state index in [9.17, 15) is 14.9 Å². The van der Waals surface area contributed by atoms with Crippen LogP contribution in [0.4, 0.5) is 10.5 Å². The number of non-ortho nitro benzene ring substituents is 1. The Hall–Kier alpha value is -2.39. The van der Waals surface area contributed by atoms with Crippen molar-refractivity contribution in [3.05, 3.63) is 33.4 Å².